The van der Waals surface area contributed by atoms with E-state index < -0.39 is 0 Å². The molecule has 3 aliphatic rings. The van der Waals surface area contributed by atoms with Gasteiger partial charge in [-0.05, 0) is 51.1 Å². The fraction of sp³-hybridized carbons (Fsp3) is 0.800. The van der Waals surface area contributed by atoms with Crippen LogP contribution < -0.4 is 5.32 Å². The molecule has 1 N–H and O–H groups in total. The van der Waals surface area contributed by atoms with E-state index in [1.54, 1.807) is 4.68 Å². The number of aromatic nitrogens is 3. The molecule has 0 unspecified atom stereocenters. The first kappa shape index (κ1) is 19.4. The molecule has 0 aromatic carbocycles. The molecule has 0 aliphatic carbocycles. The van der Waals surface area contributed by atoms with Crippen LogP contribution >= 0.6 is 0 Å². The first-order chi connectivity index (χ1) is 13.5. The van der Waals surface area contributed by atoms with Crippen LogP contribution in [0.2, 0.25) is 0 Å². The van der Waals surface area contributed by atoms with Crippen molar-refractivity contribution in [1.29, 1.82) is 0 Å². The second-order valence-electron chi connectivity index (χ2n) is 8.89. The Bertz CT molecular complexity index is 716. The van der Waals surface area contributed by atoms with E-state index in [0.29, 0.717) is 24.2 Å². The summed E-state index contributed by atoms with van der Waals surface area (Å²) in [6.07, 6.45) is 6.80. The Morgan fingerprint density at radius 2 is 1.86 bits per heavy atom. The molecule has 2 fully saturated rings. The number of piperidine rings is 2. The van der Waals surface area contributed by atoms with Crippen LogP contribution in [0.1, 0.15) is 73.3 Å². The maximum atomic E-state index is 13.0. The zero-order valence-corrected chi connectivity index (χ0v) is 17.1. The topological polar surface area (TPSA) is 83.4 Å². The zero-order chi connectivity index (χ0) is 19.7. The lowest BCUT2D eigenvalue weighted by Crippen LogP contribution is -2.49. The van der Waals surface area contributed by atoms with Gasteiger partial charge in [0, 0.05) is 25.2 Å². The molecule has 154 valence electrons. The van der Waals surface area contributed by atoms with E-state index in [2.05, 4.69) is 34.4 Å². The van der Waals surface area contributed by atoms with Crippen LogP contribution in [-0.2, 0) is 6.54 Å². The lowest BCUT2D eigenvalue weighted by atomic mass is 9.99. The van der Waals surface area contributed by atoms with Gasteiger partial charge >= 0.3 is 0 Å². The van der Waals surface area contributed by atoms with Crippen molar-refractivity contribution < 1.29 is 9.59 Å². The second kappa shape index (κ2) is 8.19. The Hall–Kier alpha value is -1.96. The van der Waals surface area contributed by atoms with Crippen LogP contribution in [0.4, 0.5) is 0 Å². The van der Waals surface area contributed by atoms with Gasteiger partial charge in [-0.15, -0.1) is 5.10 Å². The van der Waals surface area contributed by atoms with E-state index in [-0.39, 0.29) is 23.6 Å². The molecule has 2 amide bonds. The number of carbonyl (C=O) groups is 2. The third-order valence-electron chi connectivity index (χ3n) is 6.30. The van der Waals surface area contributed by atoms with Crippen LogP contribution in [-0.4, -0.2) is 74.9 Å². The number of carbonyl (C=O) groups excluding carboxylic acids is 2. The van der Waals surface area contributed by atoms with Crippen molar-refractivity contribution >= 4 is 11.8 Å². The van der Waals surface area contributed by atoms with Crippen molar-refractivity contribution in [3.8, 4) is 0 Å². The summed E-state index contributed by atoms with van der Waals surface area (Å²) in [6.45, 7) is 8.67. The van der Waals surface area contributed by atoms with Crippen LogP contribution in [0.15, 0.2) is 0 Å². The lowest BCUT2D eigenvalue weighted by Gasteiger charge is -2.40. The summed E-state index contributed by atoms with van der Waals surface area (Å²) in [5.41, 5.74) is 0.528. The molecule has 8 nitrogen and oxygen atoms in total. The van der Waals surface area contributed by atoms with E-state index >= 15 is 0 Å². The molecule has 4 rings (SSSR count). The van der Waals surface area contributed by atoms with E-state index in [1.807, 2.05) is 4.90 Å². The quantitative estimate of drug-likeness (QED) is 0.846. The largest absolute Gasteiger partial charge is 0.346 e. The molecule has 3 aliphatic heterocycles. The standard InChI is InChI=1S/C20H32N6O2/c1-14(2)12-15-13-26-18(19(27)21-15)17(22-23-26)20(28)25-10-6-16(7-11-25)24-8-4-3-5-9-24/h14-16H,3-13H2,1-2H3,(H,21,27)/t15-/m0/s1. The molecule has 0 spiro atoms. The number of amides is 2. The minimum atomic E-state index is -0.228. The molecule has 0 radical (unpaired) electrons. The summed E-state index contributed by atoms with van der Waals surface area (Å²) < 4.78 is 1.61. The number of nitrogens with zero attached hydrogens (tertiary/aromatic N) is 5. The maximum Gasteiger partial charge on any atom is 0.276 e. The molecular weight excluding hydrogens is 356 g/mol. The fourth-order valence-corrected chi connectivity index (χ4v) is 4.89. The van der Waals surface area contributed by atoms with Crippen LogP contribution in [0, 0.1) is 5.92 Å². The molecule has 28 heavy (non-hydrogen) atoms. The molecule has 0 bridgehead atoms. The minimum Gasteiger partial charge on any atom is -0.346 e. The summed E-state index contributed by atoms with van der Waals surface area (Å²) >= 11 is 0. The highest BCUT2D eigenvalue weighted by Crippen LogP contribution is 2.23. The molecule has 1 aromatic heterocycles. The van der Waals surface area contributed by atoms with Gasteiger partial charge in [0.25, 0.3) is 11.8 Å². The van der Waals surface area contributed by atoms with E-state index in [0.717, 1.165) is 32.4 Å². The van der Waals surface area contributed by atoms with Gasteiger partial charge < -0.3 is 15.1 Å². The average Bonchev–Trinajstić information content (AvgIpc) is 3.12. The molecule has 4 heterocycles. The number of hydrogen-bond donors (Lipinski definition) is 1. The summed E-state index contributed by atoms with van der Waals surface area (Å²) in [4.78, 5) is 30.1. The number of hydrogen-bond acceptors (Lipinski definition) is 5. The SMILES string of the molecule is CC(C)C[C@H]1Cn2nnc(C(=O)N3CCC(N4CCCCC4)CC3)c2C(=O)N1. The van der Waals surface area contributed by atoms with Crippen LogP contribution in [0.25, 0.3) is 0 Å². The van der Waals surface area contributed by atoms with Gasteiger partial charge in [-0.1, -0.05) is 25.5 Å². The van der Waals surface area contributed by atoms with Gasteiger partial charge in [0.2, 0.25) is 0 Å². The number of rotatable bonds is 4. The summed E-state index contributed by atoms with van der Waals surface area (Å²) in [5.74, 6) is 0.0990. The lowest BCUT2D eigenvalue weighted by molar-refractivity contribution is 0.0580. The highest BCUT2D eigenvalue weighted by molar-refractivity contribution is 6.05. The van der Waals surface area contributed by atoms with Crippen molar-refractivity contribution in [1.82, 2.24) is 30.1 Å². The Balaban J connectivity index is 1.40. The highest BCUT2D eigenvalue weighted by atomic mass is 16.2. The summed E-state index contributed by atoms with van der Waals surface area (Å²) in [5, 5.41) is 11.2. The van der Waals surface area contributed by atoms with E-state index in [1.165, 1.54) is 32.4 Å². The number of nitrogens with one attached hydrogen (secondary N) is 1. The number of fused-ring (bicyclic) bond motifs is 1. The Labute approximate surface area is 166 Å². The predicted molar refractivity (Wildman–Crippen MR) is 105 cm³/mol. The Morgan fingerprint density at radius 1 is 1.14 bits per heavy atom. The smallest absolute Gasteiger partial charge is 0.276 e. The van der Waals surface area contributed by atoms with Crippen molar-refractivity contribution in [3.05, 3.63) is 11.4 Å². The van der Waals surface area contributed by atoms with E-state index in [9.17, 15) is 9.59 Å². The fourth-order valence-electron chi connectivity index (χ4n) is 4.89. The van der Waals surface area contributed by atoms with Gasteiger partial charge in [0.15, 0.2) is 11.4 Å². The summed E-state index contributed by atoms with van der Waals surface area (Å²) in [7, 11) is 0. The zero-order valence-electron chi connectivity index (χ0n) is 17.1. The number of likely N-dealkylation sites (tertiary alicyclic amines) is 2. The first-order valence-electron chi connectivity index (χ1n) is 10.8. The first-order valence-corrected chi connectivity index (χ1v) is 10.8. The van der Waals surface area contributed by atoms with Gasteiger partial charge in [-0.3, -0.25) is 9.59 Å². The molecule has 1 atom stereocenters. The third kappa shape index (κ3) is 3.92. The van der Waals surface area contributed by atoms with Crippen molar-refractivity contribution in [2.45, 2.75) is 71.0 Å². The molecule has 2 saturated heterocycles. The minimum absolute atomic E-state index is 0.0462. The highest BCUT2D eigenvalue weighted by Gasteiger charge is 2.35. The van der Waals surface area contributed by atoms with Gasteiger partial charge in [-0.2, -0.15) is 0 Å². The van der Waals surface area contributed by atoms with Gasteiger partial charge in [0.1, 0.15) is 0 Å². The molecule has 0 saturated carbocycles. The second-order valence-corrected chi connectivity index (χ2v) is 8.89. The van der Waals surface area contributed by atoms with Crippen LogP contribution in [0.5, 0.6) is 0 Å². The summed E-state index contributed by atoms with van der Waals surface area (Å²) in [6, 6.07) is 0.628. The van der Waals surface area contributed by atoms with Crippen molar-refractivity contribution in [3.63, 3.8) is 0 Å². The van der Waals surface area contributed by atoms with Crippen molar-refractivity contribution in [2.24, 2.45) is 5.92 Å². The van der Waals surface area contributed by atoms with Crippen molar-refractivity contribution in [2.75, 3.05) is 26.2 Å². The Morgan fingerprint density at radius 3 is 2.54 bits per heavy atom. The third-order valence-corrected chi connectivity index (χ3v) is 6.30. The predicted octanol–water partition coefficient (Wildman–Crippen LogP) is 1.53. The van der Waals surface area contributed by atoms with E-state index in [4.69, 9.17) is 0 Å². The molecule has 1 aromatic rings. The Kier molecular flexibility index (Phi) is 5.66. The van der Waals surface area contributed by atoms with Gasteiger partial charge in [0.05, 0.1) is 6.54 Å². The molecular formula is C20H32N6O2. The molecule has 8 heteroatoms. The monoisotopic (exact) mass is 388 g/mol. The normalized spacial score (nSPS) is 24.3. The van der Waals surface area contributed by atoms with Gasteiger partial charge in [-0.25, -0.2) is 4.68 Å². The van der Waals surface area contributed by atoms with Crippen LogP contribution in [0.3, 0.4) is 0 Å². The average molecular weight is 389 g/mol. The maximum absolute atomic E-state index is 13.0.